The molecule has 2 heterocycles. The third kappa shape index (κ3) is 2.81. The van der Waals surface area contributed by atoms with E-state index in [2.05, 4.69) is 22.5 Å². The number of nitrogens with one attached hydrogen (secondary N) is 1. The van der Waals surface area contributed by atoms with Gasteiger partial charge in [-0.05, 0) is 25.8 Å². The summed E-state index contributed by atoms with van der Waals surface area (Å²) >= 11 is 0. The smallest absolute Gasteiger partial charge is 0.216 e. The lowest BCUT2D eigenvalue weighted by Gasteiger charge is -2.18. The summed E-state index contributed by atoms with van der Waals surface area (Å²) in [4.78, 5) is 0. The molecule has 0 bridgehead atoms. The molecule has 0 saturated heterocycles. The molecule has 0 unspecified atom stereocenters. The first-order chi connectivity index (χ1) is 10.7. The summed E-state index contributed by atoms with van der Waals surface area (Å²) in [6, 6.07) is 8.58. The maximum absolute atomic E-state index is 5.82. The fourth-order valence-electron chi connectivity index (χ4n) is 3.10. The van der Waals surface area contributed by atoms with Gasteiger partial charge in [-0.2, -0.15) is 5.10 Å². The first-order valence-electron chi connectivity index (χ1n) is 7.72. The quantitative estimate of drug-likeness (QED) is 0.943. The predicted molar refractivity (Wildman–Crippen MR) is 85.2 cm³/mol. The van der Waals surface area contributed by atoms with Crippen LogP contribution in [0.15, 0.2) is 24.3 Å². The van der Waals surface area contributed by atoms with Crippen molar-refractivity contribution in [2.45, 2.75) is 32.4 Å². The van der Waals surface area contributed by atoms with Crippen LogP contribution in [0.25, 0.3) is 0 Å². The maximum Gasteiger partial charge on any atom is 0.216 e. The van der Waals surface area contributed by atoms with Crippen LogP contribution in [-0.4, -0.2) is 23.5 Å². The second-order valence-electron chi connectivity index (χ2n) is 5.66. The number of rotatable bonds is 4. The van der Waals surface area contributed by atoms with E-state index in [-0.39, 0.29) is 0 Å². The molecule has 0 spiro atoms. The van der Waals surface area contributed by atoms with Crippen molar-refractivity contribution in [1.29, 1.82) is 0 Å². The fraction of sp³-hybridized carbons (Fsp3) is 0.471. The zero-order valence-corrected chi connectivity index (χ0v) is 13.4. The number of ether oxygens (including phenoxy) is 2. The van der Waals surface area contributed by atoms with Crippen LogP contribution in [0, 0.1) is 6.92 Å². The molecular formula is C17H23N3O2. The van der Waals surface area contributed by atoms with Gasteiger partial charge in [0.15, 0.2) is 0 Å². The van der Waals surface area contributed by atoms with Crippen molar-refractivity contribution in [3.05, 3.63) is 41.1 Å². The molecule has 1 aliphatic heterocycles. The summed E-state index contributed by atoms with van der Waals surface area (Å²) in [5, 5.41) is 8.09. The van der Waals surface area contributed by atoms with E-state index >= 15 is 0 Å². The van der Waals surface area contributed by atoms with Gasteiger partial charge in [-0.25, -0.2) is 4.68 Å². The van der Waals surface area contributed by atoms with Crippen molar-refractivity contribution in [3.8, 4) is 11.6 Å². The van der Waals surface area contributed by atoms with Crippen LogP contribution in [0.1, 0.15) is 35.7 Å². The highest BCUT2D eigenvalue weighted by atomic mass is 16.5. The van der Waals surface area contributed by atoms with Crippen molar-refractivity contribution in [2.24, 2.45) is 7.05 Å². The van der Waals surface area contributed by atoms with Gasteiger partial charge in [-0.1, -0.05) is 18.2 Å². The second kappa shape index (κ2) is 6.40. The molecule has 0 aliphatic carbocycles. The van der Waals surface area contributed by atoms with Crippen molar-refractivity contribution >= 4 is 0 Å². The Morgan fingerprint density at radius 1 is 1.41 bits per heavy atom. The van der Waals surface area contributed by atoms with Gasteiger partial charge < -0.3 is 14.8 Å². The molecule has 5 nitrogen and oxygen atoms in total. The highest BCUT2D eigenvalue weighted by Crippen LogP contribution is 2.32. The molecule has 1 atom stereocenters. The number of aromatic nitrogens is 2. The average Bonchev–Trinajstić information content (AvgIpc) is 2.69. The summed E-state index contributed by atoms with van der Waals surface area (Å²) in [6.07, 6.45) is 2.12. The predicted octanol–water partition coefficient (Wildman–Crippen LogP) is 2.74. The monoisotopic (exact) mass is 301 g/mol. The van der Waals surface area contributed by atoms with E-state index in [0.717, 1.165) is 48.9 Å². The first kappa shape index (κ1) is 14.9. The van der Waals surface area contributed by atoms with Gasteiger partial charge in [-0.3, -0.25) is 0 Å². The van der Waals surface area contributed by atoms with Crippen LogP contribution in [-0.2, 0) is 13.6 Å². The Kier molecular flexibility index (Phi) is 4.34. The third-order valence-corrected chi connectivity index (χ3v) is 4.20. The van der Waals surface area contributed by atoms with Crippen molar-refractivity contribution in [2.75, 3.05) is 13.7 Å². The Morgan fingerprint density at radius 3 is 3.05 bits per heavy atom. The SMILES string of the molecule is COc1c(CN[C@@H]2CCCOc3ccccc32)c(C)nn1C. The molecular weight excluding hydrogens is 278 g/mol. The Balaban J connectivity index is 1.79. The molecule has 1 N–H and O–H groups in total. The summed E-state index contributed by atoms with van der Waals surface area (Å²) in [5.74, 6) is 1.82. The van der Waals surface area contributed by atoms with Gasteiger partial charge >= 0.3 is 0 Å². The molecule has 0 saturated carbocycles. The maximum atomic E-state index is 5.82. The molecule has 118 valence electrons. The summed E-state index contributed by atoms with van der Waals surface area (Å²) in [7, 11) is 3.60. The molecule has 0 amide bonds. The molecule has 22 heavy (non-hydrogen) atoms. The Hall–Kier alpha value is -2.01. The lowest BCUT2D eigenvalue weighted by atomic mass is 10.0. The largest absolute Gasteiger partial charge is 0.493 e. The second-order valence-corrected chi connectivity index (χ2v) is 5.66. The van der Waals surface area contributed by atoms with E-state index < -0.39 is 0 Å². The van der Waals surface area contributed by atoms with Gasteiger partial charge in [-0.15, -0.1) is 0 Å². The van der Waals surface area contributed by atoms with Crippen LogP contribution in [0.3, 0.4) is 0 Å². The van der Waals surface area contributed by atoms with Crippen molar-refractivity contribution < 1.29 is 9.47 Å². The number of hydrogen-bond donors (Lipinski definition) is 1. The molecule has 2 aromatic rings. The Bertz CT molecular complexity index is 651. The van der Waals surface area contributed by atoms with Crippen molar-refractivity contribution in [1.82, 2.24) is 15.1 Å². The lowest BCUT2D eigenvalue weighted by molar-refractivity contribution is 0.315. The first-order valence-corrected chi connectivity index (χ1v) is 7.72. The molecule has 1 aromatic heterocycles. The van der Waals surface area contributed by atoms with Gasteiger partial charge in [0.1, 0.15) is 5.75 Å². The topological polar surface area (TPSA) is 48.3 Å². The van der Waals surface area contributed by atoms with Crippen LogP contribution in [0.4, 0.5) is 0 Å². The number of para-hydroxylation sites is 1. The minimum absolute atomic E-state index is 0.294. The molecule has 0 radical (unpaired) electrons. The summed E-state index contributed by atoms with van der Waals surface area (Å²) in [6.45, 7) is 3.54. The molecule has 0 fully saturated rings. The van der Waals surface area contributed by atoms with Crippen LogP contribution >= 0.6 is 0 Å². The molecule has 3 rings (SSSR count). The Labute approximate surface area is 131 Å². The minimum atomic E-state index is 0.294. The highest BCUT2D eigenvalue weighted by Gasteiger charge is 2.21. The zero-order chi connectivity index (χ0) is 15.5. The average molecular weight is 301 g/mol. The lowest BCUT2D eigenvalue weighted by Crippen LogP contribution is -2.21. The van der Waals surface area contributed by atoms with E-state index in [1.807, 2.05) is 26.1 Å². The molecule has 5 heteroatoms. The highest BCUT2D eigenvalue weighted by molar-refractivity contribution is 5.37. The van der Waals surface area contributed by atoms with Crippen LogP contribution in [0.2, 0.25) is 0 Å². The normalized spacial score (nSPS) is 17.5. The minimum Gasteiger partial charge on any atom is -0.493 e. The summed E-state index contributed by atoms with van der Waals surface area (Å²) in [5.41, 5.74) is 3.36. The number of fused-ring (bicyclic) bond motifs is 1. The van der Waals surface area contributed by atoms with Crippen LogP contribution in [0.5, 0.6) is 11.6 Å². The summed E-state index contributed by atoms with van der Waals surface area (Å²) < 4.78 is 13.1. The molecule has 1 aromatic carbocycles. The standard InChI is InChI=1S/C17H23N3O2/c1-12-14(17(21-3)20(2)19-12)11-18-15-8-6-10-22-16-9-5-4-7-13(15)16/h4-5,7,9,15,18H,6,8,10-11H2,1-3H3/t15-/m1/s1. The van der Waals surface area contributed by atoms with Gasteiger partial charge in [0, 0.05) is 25.2 Å². The van der Waals surface area contributed by atoms with E-state index in [9.17, 15) is 0 Å². The van der Waals surface area contributed by atoms with E-state index in [1.165, 1.54) is 5.56 Å². The van der Waals surface area contributed by atoms with E-state index in [4.69, 9.17) is 9.47 Å². The molecule has 1 aliphatic rings. The van der Waals surface area contributed by atoms with Gasteiger partial charge in [0.05, 0.1) is 25.0 Å². The Morgan fingerprint density at radius 2 is 2.23 bits per heavy atom. The van der Waals surface area contributed by atoms with E-state index in [1.54, 1.807) is 11.8 Å². The fourth-order valence-corrected chi connectivity index (χ4v) is 3.10. The number of methoxy groups -OCH3 is 1. The number of benzene rings is 1. The van der Waals surface area contributed by atoms with Gasteiger partial charge in [0.25, 0.3) is 0 Å². The number of aryl methyl sites for hydroxylation is 2. The third-order valence-electron chi connectivity index (χ3n) is 4.20. The number of hydrogen-bond acceptors (Lipinski definition) is 4. The van der Waals surface area contributed by atoms with Gasteiger partial charge in [0.2, 0.25) is 5.88 Å². The number of nitrogens with zero attached hydrogens (tertiary/aromatic N) is 2. The van der Waals surface area contributed by atoms with Crippen molar-refractivity contribution in [3.63, 3.8) is 0 Å². The van der Waals surface area contributed by atoms with Crippen LogP contribution < -0.4 is 14.8 Å². The zero-order valence-electron chi connectivity index (χ0n) is 13.4. The van der Waals surface area contributed by atoms with E-state index in [0.29, 0.717) is 6.04 Å².